The van der Waals surface area contributed by atoms with Crippen LogP contribution in [0.25, 0.3) is 0 Å². The first kappa shape index (κ1) is 23.0. The number of hydrogen-bond donors (Lipinski definition) is 3. The number of guanidine groups is 1. The van der Waals surface area contributed by atoms with Gasteiger partial charge < -0.3 is 21.9 Å². The minimum atomic E-state index is -0.928. The smallest absolute Gasteiger partial charge is 0.323 e. The van der Waals surface area contributed by atoms with E-state index in [0.29, 0.717) is 13.0 Å². The number of benzene rings is 1. The van der Waals surface area contributed by atoms with Gasteiger partial charge in [0.1, 0.15) is 12.6 Å². The second-order valence-corrected chi connectivity index (χ2v) is 5.03. The van der Waals surface area contributed by atoms with Crippen molar-refractivity contribution >= 4 is 35.7 Å². The molecule has 6 N–H and O–H groups in total. The summed E-state index contributed by atoms with van der Waals surface area (Å²) in [7, 11) is 0. The minimum Gasteiger partial charge on any atom is -0.460 e. The summed E-state index contributed by atoms with van der Waals surface area (Å²) in [5, 5.41) is 21.6. The number of nitro benzene ring substituents is 2. The molecule has 26 heavy (non-hydrogen) atoms. The Bertz CT molecular complexity index is 661. The van der Waals surface area contributed by atoms with E-state index < -0.39 is 33.2 Å². The average molecular weight is 391 g/mol. The zero-order chi connectivity index (χ0) is 19.0. The maximum Gasteiger partial charge on any atom is 0.323 e. The van der Waals surface area contributed by atoms with Crippen LogP contribution in [0.15, 0.2) is 23.2 Å². The molecule has 0 fully saturated rings. The Morgan fingerprint density at radius 2 is 1.69 bits per heavy atom. The summed E-state index contributed by atoms with van der Waals surface area (Å²) in [6.45, 7) is -0.0661. The number of halogens is 1. The van der Waals surface area contributed by atoms with Crippen molar-refractivity contribution in [3.8, 4) is 0 Å². The molecule has 0 amide bonds. The highest BCUT2D eigenvalue weighted by Gasteiger charge is 2.19. The first-order valence-corrected chi connectivity index (χ1v) is 7.11. The number of esters is 1. The summed E-state index contributed by atoms with van der Waals surface area (Å²) in [6.07, 6.45) is 0.723. The topological polar surface area (TPSA) is 203 Å². The van der Waals surface area contributed by atoms with Crippen molar-refractivity contribution in [1.29, 1.82) is 0 Å². The predicted octanol–water partition coefficient (Wildman–Crippen LogP) is 0.349. The van der Waals surface area contributed by atoms with E-state index in [1.165, 1.54) is 0 Å². The number of ether oxygens (including phenoxy) is 1. The number of nitrogens with two attached hydrogens (primary N) is 3. The van der Waals surface area contributed by atoms with Crippen LogP contribution in [0.3, 0.4) is 0 Å². The van der Waals surface area contributed by atoms with E-state index in [4.69, 9.17) is 21.9 Å². The van der Waals surface area contributed by atoms with Crippen molar-refractivity contribution in [3.63, 3.8) is 0 Å². The van der Waals surface area contributed by atoms with Gasteiger partial charge in [-0.25, -0.2) is 0 Å². The van der Waals surface area contributed by atoms with Gasteiger partial charge in [0.25, 0.3) is 11.4 Å². The maximum atomic E-state index is 11.8. The molecular weight excluding hydrogens is 372 g/mol. The fourth-order valence-corrected chi connectivity index (χ4v) is 1.85. The molecule has 13 heteroatoms. The number of aliphatic imine (C=N–C) groups is 1. The van der Waals surface area contributed by atoms with Crippen molar-refractivity contribution in [2.45, 2.75) is 25.5 Å². The van der Waals surface area contributed by atoms with Crippen LogP contribution >= 0.6 is 12.4 Å². The highest BCUT2D eigenvalue weighted by molar-refractivity contribution is 5.85. The lowest BCUT2D eigenvalue weighted by molar-refractivity contribution is -0.394. The maximum absolute atomic E-state index is 11.8. The Kier molecular flexibility index (Phi) is 9.55. The quantitative estimate of drug-likeness (QED) is 0.132. The summed E-state index contributed by atoms with van der Waals surface area (Å²) >= 11 is 0. The van der Waals surface area contributed by atoms with Crippen LogP contribution in [0.2, 0.25) is 0 Å². The van der Waals surface area contributed by atoms with E-state index in [1.54, 1.807) is 0 Å². The summed E-state index contributed by atoms with van der Waals surface area (Å²) < 4.78 is 4.94. The predicted molar refractivity (Wildman–Crippen MR) is 94.7 cm³/mol. The van der Waals surface area contributed by atoms with Crippen molar-refractivity contribution in [2.24, 2.45) is 22.2 Å². The average Bonchev–Trinajstić information content (AvgIpc) is 2.55. The lowest BCUT2D eigenvalue weighted by Crippen LogP contribution is -2.32. The highest BCUT2D eigenvalue weighted by atomic mass is 35.5. The van der Waals surface area contributed by atoms with Crippen molar-refractivity contribution < 1.29 is 19.4 Å². The first-order chi connectivity index (χ1) is 11.7. The van der Waals surface area contributed by atoms with Gasteiger partial charge in [0.15, 0.2) is 5.96 Å². The van der Waals surface area contributed by atoms with Crippen molar-refractivity contribution in [2.75, 3.05) is 6.54 Å². The molecule has 1 atom stereocenters. The van der Waals surface area contributed by atoms with Crippen molar-refractivity contribution in [1.82, 2.24) is 0 Å². The molecule has 1 rings (SSSR count). The zero-order valence-electron chi connectivity index (χ0n) is 13.6. The molecule has 0 aliphatic carbocycles. The van der Waals surface area contributed by atoms with Gasteiger partial charge in [-0.3, -0.25) is 30.0 Å². The standard InChI is InChI=1S/C13H18N6O6.ClH/c14-11(2-1-3-17-13(15)16)12(20)25-7-8-4-9(18(21)22)6-10(5-8)19(23)24;/h4-6,11H,1-3,7,14H2,(H4,15,16,17);1H. The second kappa shape index (κ2) is 10.8. The van der Waals surface area contributed by atoms with Crippen LogP contribution in [0.1, 0.15) is 18.4 Å². The second-order valence-electron chi connectivity index (χ2n) is 5.03. The third-order valence-corrected chi connectivity index (χ3v) is 3.04. The van der Waals surface area contributed by atoms with Crippen LogP contribution in [0.4, 0.5) is 11.4 Å². The van der Waals surface area contributed by atoms with Gasteiger partial charge in [0.2, 0.25) is 0 Å². The zero-order valence-corrected chi connectivity index (χ0v) is 14.4. The van der Waals surface area contributed by atoms with Crippen LogP contribution < -0.4 is 17.2 Å². The molecule has 0 spiro atoms. The van der Waals surface area contributed by atoms with E-state index in [2.05, 4.69) is 4.99 Å². The number of carbonyl (C=O) groups excluding carboxylic acids is 1. The SMILES string of the molecule is Cl.NC(N)=NCCCC(N)C(=O)OCc1cc([N+](=O)[O-])cc([N+](=O)[O-])c1. The van der Waals surface area contributed by atoms with Crippen LogP contribution in [-0.4, -0.2) is 34.4 Å². The summed E-state index contributed by atoms with van der Waals surface area (Å²) in [6, 6.07) is 2.07. The third kappa shape index (κ3) is 7.72. The number of carbonyl (C=O) groups is 1. The van der Waals surface area contributed by atoms with E-state index in [-0.39, 0.29) is 37.0 Å². The van der Waals surface area contributed by atoms with Crippen LogP contribution in [0.5, 0.6) is 0 Å². The molecule has 1 unspecified atom stereocenters. The van der Waals surface area contributed by atoms with Gasteiger partial charge in [-0.2, -0.15) is 0 Å². The molecule has 1 aromatic carbocycles. The fraction of sp³-hybridized carbons (Fsp3) is 0.385. The van der Waals surface area contributed by atoms with Crippen molar-refractivity contribution in [3.05, 3.63) is 44.0 Å². The number of non-ortho nitro benzene ring substituents is 2. The Balaban J connectivity index is 0.00000625. The van der Waals surface area contributed by atoms with Gasteiger partial charge in [0, 0.05) is 24.2 Å². The molecule has 12 nitrogen and oxygen atoms in total. The normalized spacial score (nSPS) is 11.0. The van der Waals surface area contributed by atoms with E-state index in [1.807, 2.05) is 0 Å². The number of rotatable bonds is 9. The molecule has 0 bridgehead atoms. The third-order valence-electron chi connectivity index (χ3n) is 3.04. The first-order valence-electron chi connectivity index (χ1n) is 7.11. The molecular formula is C13H19ClN6O6. The molecule has 0 aliphatic heterocycles. The minimum absolute atomic E-state index is 0. The number of nitro groups is 2. The van der Waals surface area contributed by atoms with E-state index >= 15 is 0 Å². The Labute approximate surface area is 154 Å². The molecule has 144 valence electrons. The van der Waals surface area contributed by atoms with Gasteiger partial charge in [-0.15, -0.1) is 12.4 Å². The summed E-state index contributed by atoms with van der Waals surface area (Å²) in [4.78, 5) is 35.6. The lowest BCUT2D eigenvalue weighted by Gasteiger charge is -2.11. The van der Waals surface area contributed by atoms with Gasteiger partial charge in [0.05, 0.1) is 15.9 Å². The Morgan fingerprint density at radius 3 is 2.15 bits per heavy atom. The summed E-state index contributed by atoms with van der Waals surface area (Å²) in [5.41, 5.74) is 15.1. The monoisotopic (exact) mass is 390 g/mol. The van der Waals surface area contributed by atoms with Gasteiger partial charge in [-0.1, -0.05) is 0 Å². The van der Waals surface area contributed by atoms with E-state index in [9.17, 15) is 25.0 Å². The molecule has 0 saturated heterocycles. The number of hydrogen-bond acceptors (Lipinski definition) is 8. The Morgan fingerprint density at radius 1 is 1.15 bits per heavy atom. The van der Waals surface area contributed by atoms with Crippen LogP contribution in [-0.2, 0) is 16.1 Å². The van der Waals surface area contributed by atoms with Gasteiger partial charge in [-0.05, 0) is 12.8 Å². The molecule has 0 aromatic heterocycles. The molecule has 0 saturated carbocycles. The Hall–Kier alpha value is -2.99. The summed E-state index contributed by atoms with van der Waals surface area (Å²) in [5.74, 6) is -0.803. The largest absolute Gasteiger partial charge is 0.460 e. The molecule has 0 heterocycles. The van der Waals surface area contributed by atoms with Gasteiger partial charge >= 0.3 is 5.97 Å². The van der Waals surface area contributed by atoms with Crippen LogP contribution in [0, 0.1) is 20.2 Å². The fourth-order valence-electron chi connectivity index (χ4n) is 1.85. The lowest BCUT2D eigenvalue weighted by atomic mass is 10.1. The molecule has 0 aliphatic rings. The number of nitrogens with zero attached hydrogens (tertiary/aromatic N) is 3. The molecule has 1 aromatic rings. The van der Waals surface area contributed by atoms with E-state index in [0.717, 1.165) is 18.2 Å². The molecule has 0 radical (unpaired) electrons. The highest BCUT2D eigenvalue weighted by Crippen LogP contribution is 2.23.